The Morgan fingerprint density at radius 1 is 1.30 bits per heavy atom. The zero-order valence-corrected chi connectivity index (χ0v) is 24.8. The highest BCUT2D eigenvalue weighted by Gasteiger charge is 2.55. The van der Waals surface area contributed by atoms with Gasteiger partial charge in [0, 0.05) is 7.05 Å². The Morgan fingerprint density at radius 2 is 2.00 bits per heavy atom. The molecule has 40 heavy (non-hydrogen) atoms. The van der Waals surface area contributed by atoms with Crippen LogP contribution in [0.5, 0.6) is 5.75 Å². The molecule has 0 amide bonds. The van der Waals surface area contributed by atoms with Crippen LogP contribution in [0.3, 0.4) is 0 Å². The van der Waals surface area contributed by atoms with Gasteiger partial charge in [0.15, 0.2) is 28.9 Å². The standard InChI is InChI=1S/C25H34FN6O6PS/c1-14(2)36-23(34)15(3)31-39(40,38-17-10-8-7-9-11-17)35-12-18-20(33)25(5,26)24(37-18)32-13-28-19-21(27-6)29-16(4)30-22(19)32/h7-11,13-15,18,20,24,33H,12H2,1-6H3,(H,31,40)(H,27,29,30)/t15-,18-,20-,24-,25-,39+/m1/s1. The van der Waals surface area contributed by atoms with E-state index in [-0.39, 0.29) is 12.7 Å². The van der Waals surface area contributed by atoms with E-state index in [2.05, 4.69) is 25.4 Å². The quantitative estimate of drug-likeness (QED) is 0.221. The summed E-state index contributed by atoms with van der Waals surface area (Å²) in [6.45, 7) is 4.22. The minimum absolute atomic E-state index is 0.329. The summed E-state index contributed by atoms with van der Waals surface area (Å²) in [7, 11) is 1.70. The lowest BCUT2D eigenvalue weighted by molar-refractivity contribution is -0.149. The van der Waals surface area contributed by atoms with Crippen molar-refractivity contribution in [3.8, 4) is 5.75 Å². The van der Waals surface area contributed by atoms with E-state index in [0.717, 1.165) is 0 Å². The SMILES string of the molecule is CNc1nc(C)nc2c1ncn2[C@@H]1O[C@H](CO[P@@](=S)(N[C@H](C)C(=O)OC(C)C)Oc2ccccc2)[C@@H](O)[C@@]1(C)F. The van der Waals surface area contributed by atoms with Gasteiger partial charge in [-0.05, 0) is 58.6 Å². The van der Waals surface area contributed by atoms with Gasteiger partial charge in [-0.15, -0.1) is 0 Å². The molecule has 1 aromatic carbocycles. The van der Waals surface area contributed by atoms with Crippen LogP contribution in [0.2, 0.25) is 0 Å². The van der Waals surface area contributed by atoms with E-state index in [9.17, 15) is 9.90 Å². The van der Waals surface area contributed by atoms with Crippen LogP contribution in [-0.4, -0.2) is 74.3 Å². The fourth-order valence-corrected chi connectivity index (χ4v) is 6.65. The molecule has 15 heteroatoms. The molecule has 1 aliphatic rings. The number of ether oxygens (including phenoxy) is 2. The average molecular weight is 597 g/mol. The van der Waals surface area contributed by atoms with Gasteiger partial charge in [-0.1, -0.05) is 18.2 Å². The molecule has 0 spiro atoms. The van der Waals surface area contributed by atoms with Crippen LogP contribution in [0.25, 0.3) is 11.2 Å². The molecule has 218 valence electrons. The molecule has 3 aromatic rings. The zero-order chi connectivity index (χ0) is 29.2. The van der Waals surface area contributed by atoms with Crippen LogP contribution in [-0.2, 0) is 30.6 Å². The summed E-state index contributed by atoms with van der Waals surface area (Å²) in [5.41, 5.74) is -1.47. The van der Waals surface area contributed by atoms with Gasteiger partial charge in [0.05, 0.1) is 19.0 Å². The number of nitrogens with zero attached hydrogens (tertiary/aromatic N) is 4. The van der Waals surface area contributed by atoms with E-state index in [0.29, 0.717) is 28.6 Å². The third-order valence-electron chi connectivity index (χ3n) is 6.17. The van der Waals surface area contributed by atoms with Crippen molar-refractivity contribution in [2.24, 2.45) is 0 Å². The number of halogens is 1. The number of hydrogen-bond donors (Lipinski definition) is 3. The number of fused-ring (bicyclic) bond motifs is 1. The number of aliphatic hydroxyl groups is 1. The monoisotopic (exact) mass is 596 g/mol. The fourth-order valence-electron chi connectivity index (χ4n) is 4.23. The van der Waals surface area contributed by atoms with Crippen molar-refractivity contribution in [1.82, 2.24) is 24.6 Å². The molecule has 3 N–H and O–H groups in total. The Kier molecular flexibility index (Phi) is 9.08. The number of rotatable bonds is 11. The van der Waals surface area contributed by atoms with Crippen LogP contribution in [0, 0.1) is 6.92 Å². The Morgan fingerprint density at radius 3 is 2.65 bits per heavy atom. The number of imidazole rings is 1. The van der Waals surface area contributed by atoms with Crippen molar-refractivity contribution in [3.05, 3.63) is 42.5 Å². The molecule has 6 atom stereocenters. The average Bonchev–Trinajstić information content (AvgIpc) is 3.40. The van der Waals surface area contributed by atoms with Crippen LogP contribution < -0.4 is 14.9 Å². The smallest absolute Gasteiger partial charge is 0.323 e. The van der Waals surface area contributed by atoms with E-state index in [4.69, 9.17) is 30.3 Å². The first kappa shape index (κ1) is 30.2. The second kappa shape index (κ2) is 12.0. The third-order valence-corrected chi connectivity index (χ3v) is 8.67. The van der Waals surface area contributed by atoms with Gasteiger partial charge >= 0.3 is 12.6 Å². The number of nitrogens with one attached hydrogen (secondary N) is 2. The van der Waals surface area contributed by atoms with E-state index < -0.39 is 42.8 Å². The van der Waals surface area contributed by atoms with E-state index >= 15 is 4.39 Å². The van der Waals surface area contributed by atoms with Crippen molar-refractivity contribution in [2.75, 3.05) is 19.0 Å². The summed E-state index contributed by atoms with van der Waals surface area (Å²) < 4.78 is 40.7. The lowest BCUT2D eigenvalue weighted by Crippen LogP contribution is -2.41. The Bertz CT molecular complexity index is 1390. The number of hydrogen-bond acceptors (Lipinski definition) is 11. The molecular weight excluding hydrogens is 562 g/mol. The molecule has 12 nitrogen and oxygen atoms in total. The number of para-hydroxylation sites is 1. The maximum atomic E-state index is 16.0. The number of carbonyl (C=O) groups is 1. The first-order valence-electron chi connectivity index (χ1n) is 12.7. The topological polar surface area (TPSA) is 142 Å². The Labute approximate surface area is 236 Å². The fraction of sp³-hybridized carbons (Fsp3) is 0.520. The molecule has 0 unspecified atom stereocenters. The number of carbonyl (C=O) groups excluding carboxylic acids is 1. The van der Waals surface area contributed by atoms with Crippen LogP contribution in [0.4, 0.5) is 10.2 Å². The first-order chi connectivity index (χ1) is 18.8. The molecule has 0 saturated carbocycles. The summed E-state index contributed by atoms with van der Waals surface area (Å²) in [5, 5.41) is 16.8. The minimum Gasteiger partial charge on any atom is -0.462 e. The predicted molar refractivity (Wildman–Crippen MR) is 150 cm³/mol. The van der Waals surface area contributed by atoms with Gasteiger partial charge in [-0.2, -0.15) is 0 Å². The molecule has 0 aliphatic carbocycles. The maximum absolute atomic E-state index is 16.0. The van der Waals surface area contributed by atoms with Crippen LogP contribution in [0.1, 0.15) is 39.7 Å². The van der Waals surface area contributed by atoms with Crippen molar-refractivity contribution >= 4 is 41.4 Å². The molecule has 4 rings (SSSR count). The van der Waals surface area contributed by atoms with Gasteiger partial charge in [-0.3, -0.25) is 9.36 Å². The second-order valence-corrected chi connectivity index (χ2v) is 13.0. The second-order valence-electron chi connectivity index (χ2n) is 9.85. The Hall–Kier alpha value is -2.74. The number of anilines is 1. The highest BCUT2D eigenvalue weighted by molar-refractivity contribution is 8.09. The van der Waals surface area contributed by atoms with Gasteiger partial charge in [0.1, 0.15) is 29.8 Å². The predicted octanol–water partition coefficient (Wildman–Crippen LogP) is 3.41. The van der Waals surface area contributed by atoms with Crippen LogP contribution >= 0.6 is 6.64 Å². The molecule has 0 radical (unpaired) electrons. The minimum atomic E-state index is -3.43. The molecule has 2 aromatic heterocycles. The Balaban J connectivity index is 1.56. The summed E-state index contributed by atoms with van der Waals surface area (Å²) >= 11 is 5.72. The lowest BCUT2D eigenvalue weighted by atomic mass is 9.98. The summed E-state index contributed by atoms with van der Waals surface area (Å²) in [5.74, 6) is 0.801. The van der Waals surface area contributed by atoms with E-state index in [1.807, 2.05) is 6.07 Å². The number of alkyl halides is 1. The first-order valence-corrected chi connectivity index (χ1v) is 15.4. The molecule has 3 heterocycles. The lowest BCUT2D eigenvalue weighted by Gasteiger charge is -2.28. The number of aromatic nitrogens is 4. The molecular formula is C25H34FN6O6PS. The highest BCUT2D eigenvalue weighted by Crippen LogP contribution is 2.48. The van der Waals surface area contributed by atoms with Gasteiger partial charge in [-0.25, -0.2) is 24.4 Å². The molecule has 1 aliphatic heterocycles. The van der Waals surface area contributed by atoms with Crippen LogP contribution in [0.15, 0.2) is 36.7 Å². The van der Waals surface area contributed by atoms with E-state index in [1.54, 1.807) is 59.0 Å². The zero-order valence-electron chi connectivity index (χ0n) is 23.1. The third kappa shape index (κ3) is 6.42. The summed E-state index contributed by atoms with van der Waals surface area (Å²) in [6.07, 6.45) is -2.94. The van der Waals surface area contributed by atoms with E-state index in [1.165, 1.54) is 17.8 Å². The maximum Gasteiger partial charge on any atom is 0.323 e. The summed E-state index contributed by atoms with van der Waals surface area (Å²) in [6, 6.07) is 7.83. The molecule has 1 saturated heterocycles. The van der Waals surface area contributed by atoms with Crippen molar-refractivity contribution in [3.63, 3.8) is 0 Å². The van der Waals surface area contributed by atoms with Gasteiger partial charge < -0.3 is 28.9 Å². The molecule has 1 fully saturated rings. The van der Waals surface area contributed by atoms with Crippen molar-refractivity contribution in [1.29, 1.82) is 0 Å². The number of esters is 1. The number of aryl methyl sites for hydroxylation is 1. The summed E-state index contributed by atoms with van der Waals surface area (Å²) in [4.78, 5) is 25.5. The van der Waals surface area contributed by atoms with Crippen molar-refractivity contribution in [2.45, 2.75) is 70.9 Å². The number of benzene rings is 1. The highest BCUT2D eigenvalue weighted by atomic mass is 32.5. The largest absolute Gasteiger partial charge is 0.462 e. The van der Waals surface area contributed by atoms with Gasteiger partial charge in [0.2, 0.25) is 0 Å². The van der Waals surface area contributed by atoms with Gasteiger partial charge in [0.25, 0.3) is 0 Å². The normalized spacial score (nSPS) is 25.1. The van der Waals surface area contributed by atoms with Crippen molar-refractivity contribution < 1.29 is 32.8 Å². The molecule has 0 bridgehead atoms. The number of aliphatic hydroxyl groups excluding tert-OH is 1.